The van der Waals surface area contributed by atoms with Crippen molar-refractivity contribution in [1.82, 2.24) is 0 Å². The highest BCUT2D eigenvalue weighted by molar-refractivity contribution is 5.89. The molecule has 0 radical (unpaired) electrons. The Bertz CT molecular complexity index is 1000. The van der Waals surface area contributed by atoms with Crippen molar-refractivity contribution >= 4 is 16.8 Å². The van der Waals surface area contributed by atoms with Crippen molar-refractivity contribution in [3.05, 3.63) is 90.3 Å². The summed E-state index contributed by atoms with van der Waals surface area (Å²) in [6.45, 7) is 5.89. The summed E-state index contributed by atoms with van der Waals surface area (Å²) >= 11 is 0. The third-order valence-electron chi connectivity index (χ3n) is 6.14. The van der Waals surface area contributed by atoms with Gasteiger partial charge in [-0.25, -0.2) is 4.39 Å². The molecule has 3 aromatic rings. The zero-order valence-corrected chi connectivity index (χ0v) is 16.5. The lowest BCUT2D eigenvalue weighted by Gasteiger charge is -2.27. The van der Waals surface area contributed by atoms with E-state index in [1.54, 1.807) is 6.08 Å². The molecule has 1 aliphatic rings. The first kappa shape index (κ1) is 18.7. The normalized spacial score (nSPS) is 19.9. The Balaban J connectivity index is 1.57. The Morgan fingerprint density at radius 2 is 1.68 bits per heavy atom. The fourth-order valence-corrected chi connectivity index (χ4v) is 4.51. The molecule has 0 spiro atoms. The molecule has 1 heteroatoms. The zero-order valence-electron chi connectivity index (χ0n) is 16.5. The number of rotatable bonds is 4. The average Bonchev–Trinajstić information content (AvgIpc) is 2.75. The molecule has 1 saturated carbocycles. The Kier molecular flexibility index (Phi) is 5.43. The van der Waals surface area contributed by atoms with Crippen molar-refractivity contribution in [2.75, 3.05) is 0 Å². The van der Waals surface area contributed by atoms with Crippen LogP contribution in [0.15, 0.2) is 73.3 Å². The van der Waals surface area contributed by atoms with Crippen molar-refractivity contribution < 1.29 is 4.39 Å². The molecule has 28 heavy (non-hydrogen) atoms. The second-order valence-electron chi connectivity index (χ2n) is 7.87. The number of hydrogen-bond acceptors (Lipinski definition) is 0. The number of halogens is 1. The summed E-state index contributed by atoms with van der Waals surface area (Å²) in [6.07, 6.45) is 11.3. The summed E-state index contributed by atoms with van der Waals surface area (Å²) < 4.78 is 15.1. The van der Waals surface area contributed by atoms with Gasteiger partial charge in [-0.15, -0.1) is 0 Å². The third kappa shape index (κ3) is 3.67. The van der Waals surface area contributed by atoms with Gasteiger partial charge in [0.2, 0.25) is 0 Å². The molecule has 4 rings (SSSR count). The molecule has 1 fully saturated rings. The molecule has 3 aromatic carbocycles. The number of allylic oxidation sites excluding steroid dienone is 2. The molecular weight excluding hydrogens is 343 g/mol. The predicted molar refractivity (Wildman–Crippen MR) is 119 cm³/mol. The summed E-state index contributed by atoms with van der Waals surface area (Å²) in [5, 5.41) is 1.57. The van der Waals surface area contributed by atoms with Crippen LogP contribution in [0.1, 0.15) is 49.7 Å². The van der Waals surface area contributed by atoms with Crippen molar-refractivity contribution in [2.24, 2.45) is 5.92 Å². The molecule has 1 aliphatic carbocycles. The van der Waals surface area contributed by atoms with Gasteiger partial charge in [-0.05, 0) is 72.6 Å². The van der Waals surface area contributed by atoms with Gasteiger partial charge in [0.05, 0.1) is 0 Å². The van der Waals surface area contributed by atoms with E-state index in [-0.39, 0.29) is 5.82 Å². The van der Waals surface area contributed by atoms with E-state index in [9.17, 15) is 0 Å². The molecule has 0 aromatic heterocycles. The Labute approximate surface area is 167 Å². The van der Waals surface area contributed by atoms with Gasteiger partial charge in [0.25, 0.3) is 0 Å². The molecule has 0 N–H and O–H groups in total. The summed E-state index contributed by atoms with van der Waals surface area (Å²) in [5.74, 6) is 1.23. The maximum Gasteiger partial charge on any atom is 0.138 e. The van der Waals surface area contributed by atoms with Crippen LogP contribution in [-0.2, 0) is 0 Å². The monoisotopic (exact) mass is 370 g/mol. The number of benzene rings is 3. The predicted octanol–water partition coefficient (Wildman–Crippen LogP) is 8.14. The first-order valence-electron chi connectivity index (χ1n) is 10.3. The fraction of sp³-hybridized carbons (Fsp3) is 0.259. The van der Waals surface area contributed by atoms with Crippen molar-refractivity contribution in [1.29, 1.82) is 0 Å². The van der Waals surface area contributed by atoms with Crippen LogP contribution in [0.25, 0.3) is 28.0 Å². The summed E-state index contributed by atoms with van der Waals surface area (Å²) in [6, 6.07) is 18.2. The van der Waals surface area contributed by atoms with Gasteiger partial charge in [0.15, 0.2) is 0 Å². The Morgan fingerprint density at radius 3 is 2.36 bits per heavy atom. The SMILES string of the molecule is C=Cc1ccc2c(F)c(-c3ccc(C4CCC(/C=C/C)CC4)cc3)ccc2c1. The van der Waals surface area contributed by atoms with Crippen molar-refractivity contribution in [3.8, 4) is 11.1 Å². The van der Waals surface area contributed by atoms with E-state index in [2.05, 4.69) is 49.9 Å². The number of hydrogen-bond donors (Lipinski definition) is 0. The second-order valence-corrected chi connectivity index (χ2v) is 7.87. The first-order valence-corrected chi connectivity index (χ1v) is 10.3. The minimum atomic E-state index is -0.146. The topological polar surface area (TPSA) is 0 Å². The molecule has 0 atom stereocenters. The zero-order chi connectivity index (χ0) is 19.5. The maximum atomic E-state index is 15.1. The van der Waals surface area contributed by atoms with E-state index in [4.69, 9.17) is 0 Å². The quantitative estimate of drug-likeness (QED) is 0.407. The van der Waals surface area contributed by atoms with Crippen LogP contribution in [0, 0.1) is 11.7 Å². The molecule has 0 saturated heterocycles. The lowest BCUT2D eigenvalue weighted by molar-refractivity contribution is 0.376. The van der Waals surface area contributed by atoms with Gasteiger partial charge < -0.3 is 0 Å². The minimum absolute atomic E-state index is 0.146. The van der Waals surface area contributed by atoms with Crippen LogP contribution in [-0.4, -0.2) is 0 Å². The summed E-state index contributed by atoms with van der Waals surface area (Å²) in [5.41, 5.74) is 4.01. The van der Waals surface area contributed by atoms with E-state index in [0.29, 0.717) is 16.9 Å². The molecule has 0 heterocycles. The molecule has 0 aliphatic heterocycles. The van der Waals surface area contributed by atoms with Crippen LogP contribution < -0.4 is 0 Å². The maximum absolute atomic E-state index is 15.1. The molecule has 0 nitrogen and oxygen atoms in total. The van der Waals surface area contributed by atoms with E-state index in [0.717, 1.165) is 22.4 Å². The molecule has 0 amide bonds. The lowest BCUT2D eigenvalue weighted by atomic mass is 9.78. The highest BCUT2D eigenvalue weighted by Crippen LogP contribution is 2.37. The molecule has 142 valence electrons. The highest BCUT2D eigenvalue weighted by atomic mass is 19.1. The van der Waals surface area contributed by atoms with Crippen LogP contribution in [0.3, 0.4) is 0 Å². The third-order valence-corrected chi connectivity index (χ3v) is 6.14. The van der Waals surface area contributed by atoms with E-state index in [1.165, 1.54) is 31.2 Å². The summed E-state index contributed by atoms with van der Waals surface area (Å²) in [4.78, 5) is 0. The van der Waals surface area contributed by atoms with Gasteiger partial charge in [-0.1, -0.05) is 73.3 Å². The molecular formula is C27H27F. The molecule has 0 bridgehead atoms. The van der Waals surface area contributed by atoms with Gasteiger partial charge in [0.1, 0.15) is 5.82 Å². The number of fused-ring (bicyclic) bond motifs is 1. The highest BCUT2D eigenvalue weighted by Gasteiger charge is 2.21. The standard InChI is InChI=1S/C27H27F/c1-3-5-20-6-9-21(10-7-20)22-11-13-23(14-12-22)25-17-15-24-18-19(4-2)8-16-26(24)27(25)28/h3-5,8,11-18,20-21H,2,6-7,9-10H2,1H3/b5-3+. The summed E-state index contributed by atoms with van der Waals surface area (Å²) in [7, 11) is 0. The van der Waals surface area contributed by atoms with Crippen LogP contribution in [0.5, 0.6) is 0 Å². The largest absolute Gasteiger partial charge is 0.206 e. The first-order chi connectivity index (χ1) is 13.7. The van der Waals surface area contributed by atoms with Crippen molar-refractivity contribution in [2.45, 2.75) is 38.5 Å². The van der Waals surface area contributed by atoms with Crippen molar-refractivity contribution in [3.63, 3.8) is 0 Å². The average molecular weight is 371 g/mol. The van der Waals surface area contributed by atoms with Crippen LogP contribution in [0.4, 0.5) is 4.39 Å². The van der Waals surface area contributed by atoms with Gasteiger partial charge in [-0.2, -0.15) is 0 Å². The van der Waals surface area contributed by atoms with Gasteiger partial charge >= 0.3 is 0 Å². The smallest absolute Gasteiger partial charge is 0.138 e. The van der Waals surface area contributed by atoms with E-state index < -0.39 is 0 Å². The van der Waals surface area contributed by atoms with Crippen LogP contribution in [0.2, 0.25) is 0 Å². The van der Waals surface area contributed by atoms with Gasteiger partial charge in [0, 0.05) is 10.9 Å². The van der Waals surface area contributed by atoms with E-state index in [1.807, 2.05) is 30.3 Å². The minimum Gasteiger partial charge on any atom is -0.206 e. The Morgan fingerprint density at radius 1 is 0.929 bits per heavy atom. The van der Waals surface area contributed by atoms with Crippen LogP contribution >= 0.6 is 0 Å². The Hall–Kier alpha value is -2.67. The lowest BCUT2D eigenvalue weighted by Crippen LogP contribution is -2.11. The fourth-order valence-electron chi connectivity index (χ4n) is 4.51. The van der Waals surface area contributed by atoms with Gasteiger partial charge in [-0.3, -0.25) is 0 Å². The second kappa shape index (κ2) is 8.14. The van der Waals surface area contributed by atoms with E-state index >= 15 is 4.39 Å². The molecule has 0 unspecified atom stereocenters.